The standard InChI is InChI=1S/C12H22F2O/c1-2-3-4-6-9-12(13,14)10-7-5-8-11-15/h11H,2-10H2,1H3. The van der Waals surface area contributed by atoms with Crippen molar-refractivity contribution in [3.8, 4) is 0 Å². The number of unbranched alkanes of at least 4 members (excludes halogenated alkanes) is 5. The van der Waals surface area contributed by atoms with E-state index in [-0.39, 0.29) is 12.8 Å². The molecule has 0 rings (SSSR count). The maximum Gasteiger partial charge on any atom is 0.248 e. The second kappa shape index (κ2) is 8.81. The number of aldehydes is 1. The highest BCUT2D eigenvalue weighted by atomic mass is 19.3. The Morgan fingerprint density at radius 2 is 1.60 bits per heavy atom. The van der Waals surface area contributed by atoms with Crippen molar-refractivity contribution in [3.63, 3.8) is 0 Å². The van der Waals surface area contributed by atoms with Crippen molar-refractivity contribution >= 4 is 6.29 Å². The summed E-state index contributed by atoms with van der Waals surface area (Å²) in [6, 6.07) is 0. The molecule has 0 bridgehead atoms. The number of alkyl halides is 2. The van der Waals surface area contributed by atoms with E-state index >= 15 is 0 Å². The summed E-state index contributed by atoms with van der Waals surface area (Å²) in [6.45, 7) is 2.07. The molecule has 0 fully saturated rings. The molecule has 0 aliphatic heterocycles. The highest BCUT2D eigenvalue weighted by Gasteiger charge is 2.26. The van der Waals surface area contributed by atoms with E-state index in [2.05, 4.69) is 6.92 Å². The minimum atomic E-state index is -2.52. The molecular formula is C12H22F2O. The molecule has 0 aromatic rings. The molecule has 0 aliphatic rings. The quantitative estimate of drug-likeness (QED) is 0.395. The highest BCUT2D eigenvalue weighted by Crippen LogP contribution is 2.28. The number of hydrogen-bond donors (Lipinski definition) is 0. The molecule has 0 unspecified atom stereocenters. The average Bonchev–Trinajstić information content (AvgIpc) is 2.20. The van der Waals surface area contributed by atoms with Crippen molar-refractivity contribution in [2.75, 3.05) is 0 Å². The van der Waals surface area contributed by atoms with Gasteiger partial charge in [-0.1, -0.05) is 26.2 Å². The Morgan fingerprint density at radius 1 is 1.00 bits per heavy atom. The Hall–Kier alpha value is -0.470. The molecule has 0 spiro atoms. The topological polar surface area (TPSA) is 17.1 Å². The normalized spacial score (nSPS) is 11.7. The lowest BCUT2D eigenvalue weighted by Gasteiger charge is -2.15. The molecule has 0 saturated carbocycles. The summed E-state index contributed by atoms with van der Waals surface area (Å²) in [4.78, 5) is 9.99. The van der Waals surface area contributed by atoms with Crippen LogP contribution in [0, 0.1) is 0 Å². The first-order valence-electron chi connectivity index (χ1n) is 5.94. The van der Waals surface area contributed by atoms with E-state index in [1.165, 1.54) is 0 Å². The molecule has 0 aromatic heterocycles. The molecule has 0 aromatic carbocycles. The van der Waals surface area contributed by atoms with E-state index < -0.39 is 5.92 Å². The van der Waals surface area contributed by atoms with Gasteiger partial charge in [0.25, 0.3) is 0 Å². The third-order valence-electron chi connectivity index (χ3n) is 2.51. The van der Waals surface area contributed by atoms with Crippen LogP contribution in [-0.2, 0) is 4.79 Å². The molecule has 0 amide bonds. The first-order valence-corrected chi connectivity index (χ1v) is 5.94. The van der Waals surface area contributed by atoms with Crippen molar-refractivity contribution < 1.29 is 13.6 Å². The van der Waals surface area contributed by atoms with Crippen molar-refractivity contribution in [3.05, 3.63) is 0 Å². The van der Waals surface area contributed by atoms with E-state index in [0.717, 1.165) is 25.5 Å². The van der Waals surface area contributed by atoms with Crippen molar-refractivity contribution in [2.45, 2.75) is 70.6 Å². The Kier molecular flexibility index (Phi) is 8.53. The van der Waals surface area contributed by atoms with Gasteiger partial charge in [-0.15, -0.1) is 0 Å². The molecule has 15 heavy (non-hydrogen) atoms. The van der Waals surface area contributed by atoms with Crippen molar-refractivity contribution in [1.29, 1.82) is 0 Å². The molecule has 0 atom stereocenters. The Morgan fingerprint density at radius 3 is 2.13 bits per heavy atom. The van der Waals surface area contributed by atoms with Crippen LogP contribution in [0.25, 0.3) is 0 Å². The van der Waals surface area contributed by atoms with E-state index in [4.69, 9.17) is 0 Å². The molecule has 0 radical (unpaired) electrons. The monoisotopic (exact) mass is 220 g/mol. The van der Waals surface area contributed by atoms with Gasteiger partial charge in [0.1, 0.15) is 6.29 Å². The van der Waals surface area contributed by atoms with Gasteiger partial charge in [0.2, 0.25) is 5.92 Å². The number of carbonyl (C=O) groups excluding carboxylic acids is 1. The Labute approximate surface area is 91.2 Å². The summed E-state index contributed by atoms with van der Waals surface area (Å²) in [6.07, 6.45) is 5.83. The number of carbonyl (C=O) groups is 1. The summed E-state index contributed by atoms with van der Waals surface area (Å²) in [5, 5.41) is 0. The van der Waals surface area contributed by atoms with Gasteiger partial charge in [-0.2, -0.15) is 0 Å². The van der Waals surface area contributed by atoms with Gasteiger partial charge in [0, 0.05) is 19.3 Å². The second-order valence-electron chi connectivity index (χ2n) is 4.08. The first kappa shape index (κ1) is 14.5. The van der Waals surface area contributed by atoms with Crippen LogP contribution in [-0.4, -0.2) is 12.2 Å². The van der Waals surface area contributed by atoms with Gasteiger partial charge in [-0.25, -0.2) is 8.78 Å². The van der Waals surface area contributed by atoms with Crippen molar-refractivity contribution in [2.24, 2.45) is 0 Å². The lowest BCUT2D eigenvalue weighted by molar-refractivity contribution is -0.108. The minimum absolute atomic E-state index is 0.00803. The number of halogens is 2. The van der Waals surface area contributed by atoms with E-state index in [0.29, 0.717) is 25.7 Å². The molecule has 0 heterocycles. The molecule has 0 saturated heterocycles. The molecule has 3 heteroatoms. The fraction of sp³-hybridized carbons (Fsp3) is 0.917. The smallest absolute Gasteiger partial charge is 0.248 e. The second-order valence-corrected chi connectivity index (χ2v) is 4.08. The third kappa shape index (κ3) is 9.83. The molecule has 0 aliphatic carbocycles. The van der Waals surface area contributed by atoms with Crippen LogP contribution in [0.4, 0.5) is 8.78 Å². The Bertz CT molecular complexity index is 158. The van der Waals surface area contributed by atoms with Gasteiger partial charge in [-0.05, 0) is 19.3 Å². The summed E-state index contributed by atoms with van der Waals surface area (Å²) >= 11 is 0. The molecule has 1 nitrogen and oxygen atoms in total. The van der Waals surface area contributed by atoms with Crippen LogP contribution in [0.5, 0.6) is 0 Å². The van der Waals surface area contributed by atoms with Crippen LogP contribution in [0.15, 0.2) is 0 Å². The lowest BCUT2D eigenvalue weighted by Crippen LogP contribution is -2.15. The zero-order valence-electron chi connectivity index (χ0n) is 9.61. The number of rotatable bonds is 10. The third-order valence-corrected chi connectivity index (χ3v) is 2.51. The number of hydrogen-bond acceptors (Lipinski definition) is 1. The zero-order chi connectivity index (χ0) is 11.6. The first-order chi connectivity index (χ1) is 7.12. The van der Waals surface area contributed by atoms with Crippen LogP contribution in [0.3, 0.4) is 0 Å². The van der Waals surface area contributed by atoms with Crippen LogP contribution >= 0.6 is 0 Å². The predicted molar refractivity (Wildman–Crippen MR) is 58.2 cm³/mol. The van der Waals surface area contributed by atoms with Gasteiger partial charge in [0.15, 0.2) is 0 Å². The minimum Gasteiger partial charge on any atom is -0.303 e. The van der Waals surface area contributed by atoms with Crippen LogP contribution < -0.4 is 0 Å². The van der Waals surface area contributed by atoms with E-state index in [1.54, 1.807) is 0 Å². The molecule has 90 valence electrons. The highest BCUT2D eigenvalue weighted by molar-refractivity contribution is 5.48. The SMILES string of the molecule is CCCCCCC(F)(F)CCCCC=O. The summed E-state index contributed by atoms with van der Waals surface area (Å²) in [7, 11) is 0. The van der Waals surface area contributed by atoms with Crippen molar-refractivity contribution in [1.82, 2.24) is 0 Å². The van der Waals surface area contributed by atoms with Gasteiger partial charge < -0.3 is 4.79 Å². The van der Waals surface area contributed by atoms with Gasteiger partial charge in [-0.3, -0.25) is 0 Å². The summed E-state index contributed by atoms with van der Waals surface area (Å²) in [5.74, 6) is -2.52. The molecular weight excluding hydrogens is 198 g/mol. The fourth-order valence-corrected chi connectivity index (χ4v) is 1.55. The summed E-state index contributed by atoms with van der Waals surface area (Å²) < 4.78 is 26.4. The van der Waals surface area contributed by atoms with Gasteiger partial charge >= 0.3 is 0 Å². The maximum atomic E-state index is 13.2. The fourth-order valence-electron chi connectivity index (χ4n) is 1.55. The summed E-state index contributed by atoms with van der Waals surface area (Å²) in [5.41, 5.74) is 0. The Balaban J connectivity index is 3.44. The average molecular weight is 220 g/mol. The van der Waals surface area contributed by atoms with E-state index in [9.17, 15) is 13.6 Å². The van der Waals surface area contributed by atoms with E-state index in [1.807, 2.05) is 0 Å². The lowest BCUT2D eigenvalue weighted by atomic mass is 10.0. The predicted octanol–water partition coefficient (Wildman–Crippen LogP) is 4.35. The maximum absolute atomic E-state index is 13.2. The van der Waals surface area contributed by atoms with Crippen LogP contribution in [0.2, 0.25) is 0 Å². The van der Waals surface area contributed by atoms with Crippen LogP contribution in [0.1, 0.15) is 64.7 Å². The van der Waals surface area contributed by atoms with Gasteiger partial charge in [0.05, 0.1) is 0 Å². The largest absolute Gasteiger partial charge is 0.303 e. The zero-order valence-corrected chi connectivity index (χ0v) is 9.61. The molecule has 0 N–H and O–H groups in total.